The van der Waals surface area contributed by atoms with Gasteiger partial charge in [0.1, 0.15) is 4.99 Å². The monoisotopic (exact) mass is 348 g/mol. The van der Waals surface area contributed by atoms with E-state index in [1.807, 2.05) is 25.2 Å². The fourth-order valence-corrected chi connectivity index (χ4v) is 2.83. The molecule has 0 amide bonds. The molecule has 0 bridgehead atoms. The van der Waals surface area contributed by atoms with Crippen LogP contribution in [0.15, 0.2) is 40.9 Å². The van der Waals surface area contributed by atoms with Crippen molar-refractivity contribution in [3.63, 3.8) is 0 Å². The number of rotatable bonds is 3. The summed E-state index contributed by atoms with van der Waals surface area (Å²) in [5.41, 5.74) is 11.4. The van der Waals surface area contributed by atoms with E-state index in [0.717, 1.165) is 21.4 Å². The third-order valence-corrected chi connectivity index (χ3v) is 4.01. The standard InChI is InChI=1S/C16H17BrN2S/c1-10-4-6-14(11(2)8-10)19(3)15-7-5-12(17)9-13(15)16(18)20/h4-9H,1-3H3,(H2,18,20). The number of nitrogens with zero attached hydrogens (tertiary/aromatic N) is 1. The Morgan fingerprint density at radius 1 is 1.10 bits per heavy atom. The highest BCUT2D eigenvalue weighted by Gasteiger charge is 2.13. The van der Waals surface area contributed by atoms with Crippen LogP contribution in [0, 0.1) is 13.8 Å². The van der Waals surface area contributed by atoms with Gasteiger partial charge >= 0.3 is 0 Å². The average Bonchev–Trinajstić information content (AvgIpc) is 2.37. The maximum absolute atomic E-state index is 5.85. The van der Waals surface area contributed by atoms with Crippen molar-refractivity contribution in [3.05, 3.63) is 57.6 Å². The Balaban J connectivity index is 2.53. The lowest BCUT2D eigenvalue weighted by atomic mass is 10.1. The Hall–Kier alpha value is -1.39. The number of halogens is 1. The van der Waals surface area contributed by atoms with Crippen LogP contribution in [-0.4, -0.2) is 12.0 Å². The van der Waals surface area contributed by atoms with Gasteiger partial charge in [0, 0.05) is 22.8 Å². The zero-order chi connectivity index (χ0) is 14.9. The van der Waals surface area contributed by atoms with E-state index in [-0.39, 0.29) is 0 Å². The summed E-state index contributed by atoms with van der Waals surface area (Å²) in [5.74, 6) is 0. The Morgan fingerprint density at radius 2 is 1.75 bits per heavy atom. The van der Waals surface area contributed by atoms with Gasteiger partial charge in [-0.05, 0) is 43.7 Å². The van der Waals surface area contributed by atoms with Gasteiger partial charge in [0.05, 0.1) is 5.69 Å². The maximum Gasteiger partial charge on any atom is 0.106 e. The normalized spacial score (nSPS) is 10.4. The number of aryl methyl sites for hydroxylation is 2. The number of nitrogens with two attached hydrogens (primary N) is 1. The van der Waals surface area contributed by atoms with Crippen molar-refractivity contribution in [2.24, 2.45) is 5.73 Å². The molecule has 0 atom stereocenters. The molecular formula is C16H17BrN2S. The van der Waals surface area contributed by atoms with Gasteiger partial charge in [-0.2, -0.15) is 0 Å². The molecule has 2 nitrogen and oxygen atoms in total. The number of anilines is 2. The van der Waals surface area contributed by atoms with Crippen LogP contribution in [-0.2, 0) is 0 Å². The molecule has 2 rings (SSSR count). The number of hydrogen-bond donors (Lipinski definition) is 1. The molecule has 0 radical (unpaired) electrons. The van der Waals surface area contributed by atoms with Gasteiger partial charge < -0.3 is 10.6 Å². The molecule has 0 aromatic heterocycles. The molecule has 0 saturated carbocycles. The number of thiocarbonyl (C=S) groups is 1. The van der Waals surface area contributed by atoms with E-state index in [4.69, 9.17) is 18.0 Å². The highest BCUT2D eigenvalue weighted by molar-refractivity contribution is 9.10. The van der Waals surface area contributed by atoms with Crippen molar-refractivity contribution in [1.29, 1.82) is 0 Å². The Labute approximate surface area is 133 Å². The first-order valence-corrected chi connectivity index (χ1v) is 7.50. The lowest BCUT2D eigenvalue weighted by Gasteiger charge is -2.24. The van der Waals surface area contributed by atoms with E-state index in [9.17, 15) is 0 Å². The quantitative estimate of drug-likeness (QED) is 0.829. The van der Waals surface area contributed by atoms with Crippen LogP contribution in [0.3, 0.4) is 0 Å². The summed E-state index contributed by atoms with van der Waals surface area (Å²) in [4.78, 5) is 2.52. The fourth-order valence-electron chi connectivity index (χ4n) is 2.31. The molecule has 20 heavy (non-hydrogen) atoms. The Morgan fingerprint density at radius 3 is 2.35 bits per heavy atom. The third-order valence-electron chi connectivity index (χ3n) is 3.30. The van der Waals surface area contributed by atoms with Crippen LogP contribution in [0.2, 0.25) is 0 Å². The topological polar surface area (TPSA) is 29.3 Å². The number of hydrogen-bond acceptors (Lipinski definition) is 2. The SMILES string of the molecule is Cc1ccc(N(C)c2ccc(Br)cc2C(N)=S)c(C)c1. The van der Waals surface area contributed by atoms with Crippen LogP contribution >= 0.6 is 28.1 Å². The van der Waals surface area contributed by atoms with Gasteiger partial charge in [0.2, 0.25) is 0 Å². The molecule has 2 aromatic rings. The molecule has 2 N–H and O–H groups in total. The molecule has 0 aliphatic carbocycles. The van der Waals surface area contributed by atoms with Crippen LogP contribution in [0.25, 0.3) is 0 Å². The molecule has 0 spiro atoms. The first-order valence-electron chi connectivity index (χ1n) is 6.30. The van der Waals surface area contributed by atoms with E-state index < -0.39 is 0 Å². The van der Waals surface area contributed by atoms with Gasteiger partial charge in [-0.1, -0.05) is 45.8 Å². The smallest absolute Gasteiger partial charge is 0.106 e. The zero-order valence-corrected chi connectivity index (χ0v) is 14.2. The summed E-state index contributed by atoms with van der Waals surface area (Å²) >= 11 is 8.62. The summed E-state index contributed by atoms with van der Waals surface area (Å²) < 4.78 is 0.970. The number of benzene rings is 2. The van der Waals surface area contributed by atoms with Crippen molar-refractivity contribution in [1.82, 2.24) is 0 Å². The molecule has 2 aromatic carbocycles. The Kier molecular flexibility index (Phi) is 4.45. The van der Waals surface area contributed by atoms with Crippen LogP contribution in [0.1, 0.15) is 16.7 Å². The van der Waals surface area contributed by atoms with Crippen LogP contribution < -0.4 is 10.6 Å². The fraction of sp³-hybridized carbons (Fsp3) is 0.188. The summed E-state index contributed by atoms with van der Waals surface area (Å²) in [5, 5.41) is 0. The van der Waals surface area contributed by atoms with E-state index in [2.05, 4.69) is 52.9 Å². The van der Waals surface area contributed by atoms with Crippen molar-refractivity contribution < 1.29 is 0 Å². The first kappa shape index (κ1) is 15.0. The minimum atomic E-state index is 0.401. The maximum atomic E-state index is 5.85. The van der Waals surface area contributed by atoms with E-state index >= 15 is 0 Å². The average molecular weight is 349 g/mol. The molecule has 0 heterocycles. The molecule has 0 fully saturated rings. The van der Waals surface area contributed by atoms with Gasteiger partial charge in [-0.15, -0.1) is 0 Å². The van der Waals surface area contributed by atoms with Gasteiger partial charge in [-0.25, -0.2) is 0 Å². The van der Waals surface area contributed by atoms with Gasteiger partial charge in [0.15, 0.2) is 0 Å². The van der Waals surface area contributed by atoms with E-state index in [1.165, 1.54) is 11.1 Å². The molecule has 0 aliphatic rings. The zero-order valence-electron chi connectivity index (χ0n) is 11.8. The molecule has 104 valence electrons. The molecule has 0 aliphatic heterocycles. The highest BCUT2D eigenvalue weighted by Crippen LogP contribution is 2.31. The summed E-state index contributed by atoms with van der Waals surface area (Å²) in [6.45, 7) is 4.20. The summed E-state index contributed by atoms with van der Waals surface area (Å²) in [6.07, 6.45) is 0. The first-order chi connectivity index (χ1) is 9.40. The lowest BCUT2D eigenvalue weighted by molar-refractivity contribution is 1.17. The van der Waals surface area contributed by atoms with Crippen LogP contribution in [0.5, 0.6) is 0 Å². The minimum absolute atomic E-state index is 0.401. The predicted molar refractivity (Wildman–Crippen MR) is 94.0 cm³/mol. The highest BCUT2D eigenvalue weighted by atomic mass is 79.9. The van der Waals surface area contributed by atoms with Gasteiger partial charge in [-0.3, -0.25) is 0 Å². The third kappa shape index (κ3) is 3.02. The van der Waals surface area contributed by atoms with Gasteiger partial charge in [0.25, 0.3) is 0 Å². The van der Waals surface area contributed by atoms with Crippen molar-refractivity contribution in [3.8, 4) is 0 Å². The lowest BCUT2D eigenvalue weighted by Crippen LogP contribution is -2.18. The summed E-state index contributed by atoms with van der Waals surface area (Å²) in [7, 11) is 2.03. The minimum Gasteiger partial charge on any atom is -0.389 e. The predicted octanol–water partition coefficient (Wildman–Crippen LogP) is 4.47. The summed E-state index contributed by atoms with van der Waals surface area (Å²) in [6, 6.07) is 12.4. The van der Waals surface area contributed by atoms with Crippen molar-refractivity contribution in [2.75, 3.05) is 11.9 Å². The van der Waals surface area contributed by atoms with E-state index in [0.29, 0.717) is 4.99 Å². The van der Waals surface area contributed by atoms with Crippen molar-refractivity contribution in [2.45, 2.75) is 13.8 Å². The van der Waals surface area contributed by atoms with Crippen LogP contribution in [0.4, 0.5) is 11.4 Å². The van der Waals surface area contributed by atoms with Crippen molar-refractivity contribution >= 4 is 44.5 Å². The Bertz CT molecular complexity index is 668. The molecule has 4 heteroatoms. The largest absolute Gasteiger partial charge is 0.389 e. The molecular weight excluding hydrogens is 332 g/mol. The second-order valence-electron chi connectivity index (χ2n) is 4.87. The van der Waals surface area contributed by atoms with E-state index in [1.54, 1.807) is 0 Å². The second kappa shape index (κ2) is 5.94. The molecule has 0 unspecified atom stereocenters. The molecule has 0 saturated heterocycles. The second-order valence-corrected chi connectivity index (χ2v) is 6.23.